The molecule has 0 bridgehead atoms. The second kappa shape index (κ2) is 5.04. The molecule has 0 fully saturated rings. The van der Waals surface area contributed by atoms with Crippen LogP contribution in [0.2, 0.25) is 0 Å². The van der Waals surface area contributed by atoms with E-state index in [1.54, 1.807) is 0 Å². The van der Waals surface area contributed by atoms with Crippen LogP contribution < -0.4 is 5.32 Å². The molecule has 0 radical (unpaired) electrons. The Morgan fingerprint density at radius 2 is 1.95 bits per heavy atom. The van der Waals surface area contributed by atoms with Crippen molar-refractivity contribution in [2.45, 2.75) is 18.9 Å². The largest absolute Gasteiger partial charge is 0.345 e. The fraction of sp³-hybridized carbons (Fsp3) is 0.188. The van der Waals surface area contributed by atoms with E-state index in [0.29, 0.717) is 0 Å². The number of fused-ring (bicyclic) bond motifs is 1. The number of rotatable bonds is 2. The van der Waals surface area contributed by atoms with Gasteiger partial charge in [-0.05, 0) is 42.2 Å². The van der Waals surface area contributed by atoms with Gasteiger partial charge >= 0.3 is 0 Å². The highest BCUT2D eigenvalue weighted by Gasteiger charge is 2.24. The van der Waals surface area contributed by atoms with Crippen molar-refractivity contribution < 1.29 is 13.6 Å². The lowest BCUT2D eigenvalue weighted by atomic mass is 10.1. The first kappa shape index (κ1) is 12.8. The normalized spacial score (nSPS) is 16.8. The molecule has 0 saturated heterocycles. The first-order valence-electron chi connectivity index (χ1n) is 6.49. The second-order valence-corrected chi connectivity index (χ2v) is 4.89. The van der Waals surface area contributed by atoms with Crippen LogP contribution in [0.1, 0.15) is 33.9 Å². The molecule has 1 amide bonds. The summed E-state index contributed by atoms with van der Waals surface area (Å²) >= 11 is 0. The third kappa shape index (κ3) is 2.29. The monoisotopic (exact) mass is 273 g/mol. The van der Waals surface area contributed by atoms with E-state index in [1.807, 2.05) is 24.3 Å². The van der Waals surface area contributed by atoms with Gasteiger partial charge in [-0.25, -0.2) is 8.78 Å². The zero-order chi connectivity index (χ0) is 14.1. The number of halogens is 2. The van der Waals surface area contributed by atoms with E-state index in [9.17, 15) is 13.6 Å². The summed E-state index contributed by atoms with van der Waals surface area (Å²) in [5.41, 5.74) is 1.99. The molecule has 0 aliphatic heterocycles. The van der Waals surface area contributed by atoms with Gasteiger partial charge in [0.25, 0.3) is 5.91 Å². The van der Waals surface area contributed by atoms with Gasteiger partial charge in [0.1, 0.15) is 11.6 Å². The molecule has 0 aromatic heterocycles. The zero-order valence-electron chi connectivity index (χ0n) is 10.7. The molecule has 0 saturated carbocycles. The quantitative estimate of drug-likeness (QED) is 0.893. The van der Waals surface area contributed by atoms with Crippen LogP contribution in [0, 0.1) is 11.6 Å². The number of benzene rings is 2. The standard InChI is InChI=1S/C16H13F2NO/c17-11-6-7-14(18)13(9-11)16(20)19-15-8-5-10-3-1-2-4-12(10)15/h1-4,6-7,9,15H,5,8H2,(H,19,20)/t15-/m0/s1. The summed E-state index contributed by atoms with van der Waals surface area (Å²) in [6, 6.07) is 10.6. The summed E-state index contributed by atoms with van der Waals surface area (Å²) < 4.78 is 26.7. The van der Waals surface area contributed by atoms with E-state index < -0.39 is 17.5 Å². The Balaban J connectivity index is 1.82. The van der Waals surface area contributed by atoms with Crippen LogP contribution >= 0.6 is 0 Å². The number of carbonyl (C=O) groups excluding carboxylic acids is 1. The van der Waals surface area contributed by atoms with Gasteiger partial charge in [-0.2, -0.15) is 0 Å². The van der Waals surface area contributed by atoms with Gasteiger partial charge in [0.15, 0.2) is 0 Å². The molecule has 4 heteroatoms. The van der Waals surface area contributed by atoms with E-state index in [0.717, 1.165) is 36.6 Å². The molecular formula is C16H13F2NO. The van der Waals surface area contributed by atoms with Crippen molar-refractivity contribution >= 4 is 5.91 Å². The highest BCUT2D eigenvalue weighted by atomic mass is 19.1. The fourth-order valence-corrected chi connectivity index (χ4v) is 2.61. The number of aryl methyl sites for hydroxylation is 1. The van der Waals surface area contributed by atoms with Crippen molar-refractivity contribution in [2.75, 3.05) is 0 Å². The Bertz CT molecular complexity index is 669. The maximum Gasteiger partial charge on any atom is 0.254 e. The third-order valence-corrected chi connectivity index (χ3v) is 3.61. The molecule has 2 aromatic rings. The van der Waals surface area contributed by atoms with Crippen LogP contribution in [-0.2, 0) is 6.42 Å². The lowest BCUT2D eigenvalue weighted by molar-refractivity contribution is 0.0932. The van der Waals surface area contributed by atoms with E-state index in [2.05, 4.69) is 5.32 Å². The SMILES string of the molecule is O=C(N[C@H]1CCc2ccccc21)c1cc(F)ccc1F. The van der Waals surface area contributed by atoms with Crippen LogP contribution in [0.3, 0.4) is 0 Å². The Morgan fingerprint density at radius 1 is 1.15 bits per heavy atom. The predicted molar refractivity (Wildman–Crippen MR) is 71.3 cm³/mol. The Morgan fingerprint density at radius 3 is 2.80 bits per heavy atom. The fourth-order valence-electron chi connectivity index (χ4n) is 2.61. The van der Waals surface area contributed by atoms with E-state index in [-0.39, 0.29) is 11.6 Å². The molecule has 20 heavy (non-hydrogen) atoms. The van der Waals surface area contributed by atoms with Crippen molar-refractivity contribution in [3.8, 4) is 0 Å². The maximum absolute atomic E-state index is 13.6. The van der Waals surface area contributed by atoms with Gasteiger partial charge in [-0.15, -0.1) is 0 Å². The molecule has 2 nitrogen and oxygen atoms in total. The van der Waals surface area contributed by atoms with Crippen molar-refractivity contribution in [2.24, 2.45) is 0 Å². The summed E-state index contributed by atoms with van der Waals surface area (Å²) in [5, 5.41) is 2.77. The van der Waals surface area contributed by atoms with Gasteiger partial charge in [-0.3, -0.25) is 4.79 Å². The number of carbonyl (C=O) groups is 1. The van der Waals surface area contributed by atoms with Gasteiger partial charge < -0.3 is 5.32 Å². The summed E-state index contributed by atoms with van der Waals surface area (Å²) in [6.07, 6.45) is 1.66. The van der Waals surface area contributed by atoms with Gasteiger partial charge in [0.2, 0.25) is 0 Å². The molecule has 1 atom stereocenters. The van der Waals surface area contributed by atoms with Gasteiger partial charge in [0, 0.05) is 0 Å². The molecule has 0 heterocycles. The lowest BCUT2D eigenvalue weighted by Gasteiger charge is -2.14. The maximum atomic E-state index is 13.6. The third-order valence-electron chi connectivity index (χ3n) is 3.61. The number of hydrogen-bond donors (Lipinski definition) is 1. The number of hydrogen-bond acceptors (Lipinski definition) is 1. The van der Waals surface area contributed by atoms with Gasteiger partial charge in [0.05, 0.1) is 11.6 Å². The van der Waals surface area contributed by atoms with Crippen molar-refractivity contribution in [3.05, 3.63) is 70.8 Å². The van der Waals surface area contributed by atoms with Crippen LogP contribution in [-0.4, -0.2) is 5.91 Å². The summed E-state index contributed by atoms with van der Waals surface area (Å²) in [6.45, 7) is 0. The highest BCUT2D eigenvalue weighted by Crippen LogP contribution is 2.31. The molecule has 0 spiro atoms. The predicted octanol–water partition coefficient (Wildman–Crippen LogP) is 3.38. The summed E-state index contributed by atoms with van der Waals surface area (Å²) in [5.74, 6) is -1.91. The first-order valence-corrected chi connectivity index (χ1v) is 6.49. The van der Waals surface area contributed by atoms with Gasteiger partial charge in [-0.1, -0.05) is 24.3 Å². The molecule has 0 unspecified atom stereocenters. The van der Waals surface area contributed by atoms with E-state index >= 15 is 0 Å². The van der Waals surface area contributed by atoms with E-state index in [1.165, 1.54) is 5.56 Å². The molecule has 1 aliphatic rings. The number of amides is 1. The average molecular weight is 273 g/mol. The van der Waals surface area contributed by atoms with Crippen LogP contribution in [0.15, 0.2) is 42.5 Å². The minimum absolute atomic E-state index is 0.138. The molecule has 2 aromatic carbocycles. The average Bonchev–Trinajstić information content (AvgIpc) is 2.85. The molecular weight excluding hydrogens is 260 g/mol. The first-order chi connectivity index (χ1) is 9.65. The topological polar surface area (TPSA) is 29.1 Å². The summed E-state index contributed by atoms with van der Waals surface area (Å²) in [7, 11) is 0. The van der Waals surface area contributed by atoms with Crippen molar-refractivity contribution in [1.29, 1.82) is 0 Å². The Hall–Kier alpha value is -2.23. The summed E-state index contributed by atoms with van der Waals surface area (Å²) in [4.78, 5) is 12.1. The molecule has 1 N–H and O–H groups in total. The van der Waals surface area contributed by atoms with E-state index in [4.69, 9.17) is 0 Å². The Labute approximate surface area is 115 Å². The van der Waals surface area contributed by atoms with Crippen molar-refractivity contribution in [3.63, 3.8) is 0 Å². The van der Waals surface area contributed by atoms with Crippen LogP contribution in [0.5, 0.6) is 0 Å². The zero-order valence-corrected chi connectivity index (χ0v) is 10.7. The van der Waals surface area contributed by atoms with Crippen LogP contribution in [0.25, 0.3) is 0 Å². The highest BCUT2D eigenvalue weighted by molar-refractivity contribution is 5.94. The minimum atomic E-state index is -0.713. The lowest BCUT2D eigenvalue weighted by Crippen LogP contribution is -2.28. The number of nitrogens with one attached hydrogen (secondary N) is 1. The van der Waals surface area contributed by atoms with Crippen molar-refractivity contribution in [1.82, 2.24) is 5.32 Å². The molecule has 102 valence electrons. The smallest absolute Gasteiger partial charge is 0.254 e. The second-order valence-electron chi connectivity index (χ2n) is 4.89. The molecule has 1 aliphatic carbocycles. The minimum Gasteiger partial charge on any atom is -0.345 e. The van der Waals surface area contributed by atoms with Crippen LogP contribution in [0.4, 0.5) is 8.78 Å². The Kier molecular flexibility index (Phi) is 3.22. The molecule has 3 rings (SSSR count).